The molecule has 0 atom stereocenters. The SMILES string of the molecule is CCCN1CCC(Nc2cc(Cl)cc(Br)c2OC)CC1. The molecule has 0 amide bonds. The molecule has 0 spiro atoms. The minimum atomic E-state index is 0.488. The van der Waals surface area contributed by atoms with Crippen LogP contribution in [0.15, 0.2) is 16.6 Å². The van der Waals surface area contributed by atoms with Crippen LogP contribution < -0.4 is 10.1 Å². The van der Waals surface area contributed by atoms with Gasteiger partial charge in [-0.3, -0.25) is 0 Å². The van der Waals surface area contributed by atoms with Crippen LogP contribution in [0.3, 0.4) is 0 Å². The van der Waals surface area contributed by atoms with Gasteiger partial charge in [0.25, 0.3) is 0 Å². The van der Waals surface area contributed by atoms with Crippen molar-refractivity contribution in [2.24, 2.45) is 0 Å². The Morgan fingerprint density at radius 1 is 1.40 bits per heavy atom. The molecule has 20 heavy (non-hydrogen) atoms. The minimum absolute atomic E-state index is 0.488. The topological polar surface area (TPSA) is 24.5 Å². The van der Waals surface area contributed by atoms with E-state index in [4.69, 9.17) is 16.3 Å². The second-order valence-electron chi connectivity index (χ2n) is 5.23. The maximum atomic E-state index is 6.13. The highest BCUT2D eigenvalue weighted by molar-refractivity contribution is 9.10. The average Bonchev–Trinajstić information content (AvgIpc) is 2.41. The molecule has 1 aromatic carbocycles. The van der Waals surface area contributed by atoms with Crippen LogP contribution in [0.4, 0.5) is 5.69 Å². The number of halogens is 2. The van der Waals surface area contributed by atoms with Crippen molar-refractivity contribution >= 4 is 33.2 Å². The largest absolute Gasteiger partial charge is 0.493 e. The zero-order valence-electron chi connectivity index (χ0n) is 12.1. The van der Waals surface area contributed by atoms with Crippen LogP contribution in [-0.2, 0) is 0 Å². The zero-order chi connectivity index (χ0) is 14.5. The van der Waals surface area contributed by atoms with Gasteiger partial charge in [0.1, 0.15) is 0 Å². The highest BCUT2D eigenvalue weighted by Crippen LogP contribution is 2.37. The third-order valence-corrected chi connectivity index (χ3v) is 4.51. The standard InChI is InChI=1S/C15H22BrClN2O/c1-3-6-19-7-4-12(5-8-19)18-14-10-11(17)9-13(16)15(14)20-2/h9-10,12,18H,3-8H2,1-2H3. The van der Waals surface area contributed by atoms with Crippen molar-refractivity contribution in [2.45, 2.75) is 32.2 Å². The molecule has 3 nitrogen and oxygen atoms in total. The molecule has 0 saturated carbocycles. The summed E-state index contributed by atoms with van der Waals surface area (Å²) in [5, 5.41) is 4.29. The van der Waals surface area contributed by atoms with E-state index in [1.165, 1.54) is 13.0 Å². The van der Waals surface area contributed by atoms with Gasteiger partial charge in [-0.15, -0.1) is 0 Å². The highest BCUT2D eigenvalue weighted by Gasteiger charge is 2.20. The third-order valence-electron chi connectivity index (χ3n) is 3.70. The lowest BCUT2D eigenvalue weighted by Gasteiger charge is -2.33. The molecule has 5 heteroatoms. The monoisotopic (exact) mass is 360 g/mol. The minimum Gasteiger partial charge on any atom is -0.493 e. The molecule has 1 aliphatic heterocycles. The number of nitrogens with zero attached hydrogens (tertiary/aromatic N) is 1. The number of methoxy groups -OCH3 is 1. The van der Waals surface area contributed by atoms with Crippen LogP contribution in [0.1, 0.15) is 26.2 Å². The van der Waals surface area contributed by atoms with E-state index in [1.54, 1.807) is 7.11 Å². The molecule has 1 saturated heterocycles. The summed E-state index contributed by atoms with van der Waals surface area (Å²) in [5.74, 6) is 0.824. The first-order valence-corrected chi connectivity index (χ1v) is 8.33. The summed E-state index contributed by atoms with van der Waals surface area (Å²) in [7, 11) is 1.68. The summed E-state index contributed by atoms with van der Waals surface area (Å²) in [4.78, 5) is 2.53. The molecular weight excluding hydrogens is 340 g/mol. The summed E-state index contributed by atoms with van der Waals surface area (Å²) in [6.45, 7) is 5.77. The molecule has 1 heterocycles. The van der Waals surface area contributed by atoms with E-state index >= 15 is 0 Å². The lowest BCUT2D eigenvalue weighted by Crippen LogP contribution is -2.39. The number of rotatable bonds is 5. The van der Waals surface area contributed by atoms with E-state index in [0.29, 0.717) is 11.1 Å². The molecule has 0 bridgehead atoms. The van der Waals surface area contributed by atoms with Crippen LogP contribution in [-0.4, -0.2) is 37.7 Å². The van der Waals surface area contributed by atoms with Gasteiger partial charge in [0.2, 0.25) is 0 Å². The number of ether oxygens (including phenoxy) is 1. The van der Waals surface area contributed by atoms with Gasteiger partial charge in [-0.2, -0.15) is 0 Å². The maximum Gasteiger partial charge on any atom is 0.156 e. The Morgan fingerprint density at radius 3 is 2.70 bits per heavy atom. The molecule has 1 N–H and O–H groups in total. The van der Waals surface area contributed by atoms with Crippen molar-refractivity contribution in [1.29, 1.82) is 0 Å². The van der Waals surface area contributed by atoms with E-state index in [1.807, 2.05) is 12.1 Å². The Balaban J connectivity index is 2.01. The van der Waals surface area contributed by atoms with Crippen molar-refractivity contribution in [2.75, 3.05) is 32.1 Å². The lowest BCUT2D eigenvalue weighted by atomic mass is 10.0. The van der Waals surface area contributed by atoms with Gasteiger partial charge >= 0.3 is 0 Å². The molecule has 2 rings (SSSR count). The molecule has 0 aliphatic carbocycles. The van der Waals surface area contributed by atoms with Crippen LogP contribution in [0.25, 0.3) is 0 Å². The third kappa shape index (κ3) is 4.03. The van der Waals surface area contributed by atoms with Crippen molar-refractivity contribution < 1.29 is 4.74 Å². The van der Waals surface area contributed by atoms with E-state index in [2.05, 4.69) is 33.1 Å². The molecule has 112 valence electrons. The molecule has 1 aliphatic rings. The Hall–Kier alpha value is -0.450. The number of likely N-dealkylation sites (tertiary alicyclic amines) is 1. The van der Waals surface area contributed by atoms with Gasteiger partial charge in [-0.25, -0.2) is 0 Å². The van der Waals surface area contributed by atoms with Gasteiger partial charge in [-0.1, -0.05) is 18.5 Å². The molecule has 0 unspecified atom stereocenters. The molecule has 0 radical (unpaired) electrons. The maximum absolute atomic E-state index is 6.13. The number of hydrogen-bond donors (Lipinski definition) is 1. The first-order valence-electron chi connectivity index (χ1n) is 7.16. The Kier molecular flexibility index (Phi) is 6.00. The van der Waals surface area contributed by atoms with Gasteiger partial charge in [0.05, 0.1) is 17.3 Å². The number of anilines is 1. The number of hydrogen-bond acceptors (Lipinski definition) is 3. The highest BCUT2D eigenvalue weighted by atomic mass is 79.9. The quantitative estimate of drug-likeness (QED) is 0.841. The predicted molar refractivity (Wildman–Crippen MR) is 89.1 cm³/mol. The van der Waals surface area contributed by atoms with Crippen LogP contribution in [0.5, 0.6) is 5.75 Å². The molecule has 1 fully saturated rings. The lowest BCUT2D eigenvalue weighted by molar-refractivity contribution is 0.219. The Labute approximate surface area is 134 Å². The second-order valence-corrected chi connectivity index (χ2v) is 6.52. The first-order chi connectivity index (χ1) is 9.63. The van der Waals surface area contributed by atoms with Crippen molar-refractivity contribution in [3.05, 3.63) is 21.6 Å². The summed E-state index contributed by atoms with van der Waals surface area (Å²) in [6, 6.07) is 4.28. The smallest absolute Gasteiger partial charge is 0.156 e. The number of nitrogens with one attached hydrogen (secondary N) is 1. The van der Waals surface area contributed by atoms with Crippen molar-refractivity contribution in [3.63, 3.8) is 0 Å². The van der Waals surface area contributed by atoms with Crippen LogP contribution >= 0.6 is 27.5 Å². The van der Waals surface area contributed by atoms with Gasteiger partial charge < -0.3 is 15.0 Å². The summed E-state index contributed by atoms with van der Waals surface area (Å²) < 4.78 is 6.34. The average molecular weight is 362 g/mol. The van der Waals surface area contributed by atoms with E-state index < -0.39 is 0 Å². The fourth-order valence-corrected chi connectivity index (χ4v) is 3.68. The van der Waals surface area contributed by atoms with E-state index in [9.17, 15) is 0 Å². The summed E-state index contributed by atoms with van der Waals surface area (Å²) in [6.07, 6.45) is 3.55. The normalized spacial score (nSPS) is 17.2. The van der Waals surface area contributed by atoms with E-state index in [-0.39, 0.29) is 0 Å². The van der Waals surface area contributed by atoms with E-state index in [0.717, 1.165) is 41.8 Å². The van der Waals surface area contributed by atoms with Gasteiger partial charge in [0, 0.05) is 24.2 Å². The Bertz CT molecular complexity index is 448. The Morgan fingerprint density at radius 2 is 2.10 bits per heavy atom. The molecule has 1 aromatic rings. The molecule has 0 aromatic heterocycles. The molecular formula is C15H22BrClN2O. The first kappa shape index (κ1) is 15.9. The summed E-state index contributed by atoms with van der Waals surface area (Å²) >= 11 is 9.62. The number of piperidine rings is 1. The second kappa shape index (κ2) is 7.53. The zero-order valence-corrected chi connectivity index (χ0v) is 14.4. The van der Waals surface area contributed by atoms with Crippen molar-refractivity contribution in [1.82, 2.24) is 4.90 Å². The number of benzene rings is 1. The van der Waals surface area contributed by atoms with Gasteiger partial charge in [0.15, 0.2) is 5.75 Å². The fourth-order valence-electron chi connectivity index (χ4n) is 2.71. The predicted octanol–water partition coefficient (Wildman–Crippen LogP) is 4.40. The summed E-state index contributed by atoms with van der Waals surface area (Å²) in [5.41, 5.74) is 0.973. The van der Waals surface area contributed by atoms with Gasteiger partial charge in [-0.05, 0) is 53.9 Å². The van der Waals surface area contributed by atoms with Crippen LogP contribution in [0, 0.1) is 0 Å². The fraction of sp³-hybridized carbons (Fsp3) is 0.600. The van der Waals surface area contributed by atoms with Crippen molar-refractivity contribution in [3.8, 4) is 5.75 Å². The van der Waals surface area contributed by atoms with Crippen LogP contribution in [0.2, 0.25) is 5.02 Å².